The summed E-state index contributed by atoms with van der Waals surface area (Å²) in [6, 6.07) is 6.32. The Hall–Kier alpha value is -1.02. The summed E-state index contributed by atoms with van der Waals surface area (Å²) >= 11 is 0. The molecule has 17 heavy (non-hydrogen) atoms. The summed E-state index contributed by atoms with van der Waals surface area (Å²) < 4.78 is 5.36. The van der Waals surface area contributed by atoms with Gasteiger partial charge in [-0.25, -0.2) is 0 Å². The van der Waals surface area contributed by atoms with Crippen molar-refractivity contribution >= 4 is 0 Å². The number of methoxy groups -OCH3 is 1. The lowest BCUT2D eigenvalue weighted by Crippen LogP contribution is -2.19. The second-order valence-corrected chi connectivity index (χ2v) is 5.54. The summed E-state index contributed by atoms with van der Waals surface area (Å²) in [5, 5.41) is 9.78. The molecule has 0 fully saturated rings. The van der Waals surface area contributed by atoms with E-state index in [1.165, 1.54) is 11.1 Å². The number of rotatable bonds is 5. The zero-order valence-electron chi connectivity index (χ0n) is 11.6. The summed E-state index contributed by atoms with van der Waals surface area (Å²) in [5.41, 5.74) is 1.87. The van der Waals surface area contributed by atoms with Crippen LogP contribution in [0.2, 0.25) is 0 Å². The van der Waals surface area contributed by atoms with Crippen molar-refractivity contribution in [2.75, 3.05) is 7.11 Å². The van der Waals surface area contributed by atoms with Crippen LogP contribution in [0.4, 0.5) is 0 Å². The van der Waals surface area contributed by atoms with Gasteiger partial charge in [-0.2, -0.15) is 0 Å². The van der Waals surface area contributed by atoms with Gasteiger partial charge in [-0.15, -0.1) is 0 Å². The topological polar surface area (TPSA) is 29.5 Å². The third-order valence-corrected chi connectivity index (χ3v) is 2.98. The highest BCUT2D eigenvalue weighted by Gasteiger charge is 2.14. The van der Waals surface area contributed by atoms with Gasteiger partial charge >= 0.3 is 0 Å². The van der Waals surface area contributed by atoms with Crippen LogP contribution in [-0.2, 0) is 6.42 Å². The molecular formula is C15H24O2. The Morgan fingerprint density at radius 1 is 1.29 bits per heavy atom. The molecule has 0 amide bonds. The van der Waals surface area contributed by atoms with Crippen LogP contribution >= 0.6 is 0 Å². The van der Waals surface area contributed by atoms with Crippen LogP contribution < -0.4 is 4.74 Å². The van der Waals surface area contributed by atoms with E-state index in [-0.39, 0.29) is 0 Å². The fraction of sp³-hybridized carbons (Fsp3) is 0.600. The van der Waals surface area contributed by atoms with Crippen LogP contribution in [0.25, 0.3) is 0 Å². The molecule has 0 saturated carbocycles. The number of hydrogen-bond donors (Lipinski definition) is 1. The van der Waals surface area contributed by atoms with Crippen molar-refractivity contribution in [2.24, 2.45) is 0 Å². The van der Waals surface area contributed by atoms with Crippen molar-refractivity contribution in [3.63, 3.8) is 0 Å². The Morgan fingerprint density at radius 3 is 2.41 bits per heavy atom. The third kappa shape index (κ3) is 4.39. The molecule has 0 radical (unpaired) electrons. The van der Waals surface area contributed by atoms with E-state index in [1.807, 2.05) is 19.9 Å². The third-order valence-electron chi connectivity index (χ3n) is 2.98. The van der Waals surface area contributed by atoms with Crippen molar-refractivity contribution in [3.05, 3.63) is 29.3 Å². The van der Waals surface area contributed by atoms with Gasteiger partial charge in [0.15, 0.2) is 0 Å². The Balaban J connectivity index is 2.90. The van der Waals surface area contributed by atoms with E-state index in [4.69, 9.17) is 4.74 Å². The van der Waals surface area contributed by atoms with Crippen molar-refractivity contribution < 1.29 is 9.84 Å². The zero-order valence-corrected chi connectivity index (χ0v) is 11.6. The van der Waals surface area contributed by atoms with E-state index in [0.717, 1.165) is 18.6 Å². The average molecular weight is 236 g/mol. The fourth-order valence-electron chi connectivity index (χ4n) is 1.79. The van der Waals surface area contributed by atoms with Gasteiger partial charge in [0.1, 0.15) is 5.75 Å². The predicted octanol–water partition coefficient (Wildman–Crippen LogP) is 3.52. The zero-order chi connectivity index (χ0) is 13.1. The lowest BCUT2D eigenvalue weighted by molar-refractivity contribution is 0.0712. The molecule has 0 aliphatic heterocycles. The molecule has 0 aliphatic rings. The first kappa shape index (κ1) is 14.0. The Morgan fingerprint density at radius 2 is 1.94 bits per heavy atom. The fourth-order valence-corrected chi connectivity index (χ4v) is 1.79. The molecule has 0 atom stereocenters. The molecule has 0 bridgehead atoms. The van der Waals surface area contributed by atoms with Gasteiger partial charge in [0, 0.05) is 0 Å². The summed E-state index contributed by atoms with van der Waals surface area (Å²) in [4.78, 5) is 0. The first-order valence-corrected chi connectivity index (χ1v) is 6.22. The quantitative estimate of drug-likeness (QED) is 0.847. The molecule has 0 saturated heterocycles. The summed E-state index contributed by atoms with van der Waals surface area (Å²) in [5.74, 6) is 1.43. The molecule has 1 aromatic carbocycles. The minimum Gasteiger partial charge on any atom is -0.496 e. The maximum absolute atomic E-state index is 9.78. The normalized spacial score (nSPS) is 11.9. The van der Waals surface area contributed by atoms with E-state index in [0.29, 0.717) is 5.92 Å². The van der Waals surface area contributed by atoms with E-state index < -0.39 is 5.60 Å². The molecule has 96 valence electrons. The van der Waals surface area contributed by atoms with E-state index >= 15 is 0 Å². The number of aliphatic hydroxyl groups is 1. The Kier molecular flexibility index (Phi) is 4.58. The smallest absolute Gasteiger partial charge is 0.122 e. The van der Waals surface area contributed by atoms with Gasteiger partial charge in [-0.3, -0.25) is 0 Å². The molecule has 2 nitrogen and oxygen atoms in total. The number of ether oxygens (including phenoxy) is 1. The largest absolute Gasteiger partial charge is 0.496 e. The molecule has 2 heteroatoms. The van der Waals surface area contributed by atoms with E-state index in [1.54, 1.807) is 7.11 Å². The Bertz CT molecular complexity index is 362. The predicted molar refractivity (Wildman–Crippen MR) is 71.7 cm³/mol. The van der Waals surface area contributed by atoms with Gasteiger partial charge in [0.2, 0.25) is 0 Å². The molecule has 1 rings (SSSR count). The van der Waals surface area contributed by atoms with Crippen LogP contribution in [0.3, 0.4) is 0 Å². The van der Waals surface area contributed by atoms with E-state index in [2.05, 4.69) is 26.0 Å². The maximum Gasteiger partial charge on any atom is 0.122 e. The molecule has 1 aromatic rings. The second kappa shape index (κ2) is 5.54. The highest BCUT2D eigenvalue weighted by Crippen LogP contribution is 2.26. The minimum absolute atomic E-state index is 0.516. The maximum atomic E-state index is 9.78. The monoisotopic (exact) mass is 236 g/mol. The van der Waals surface area contributed by atoms with Crippen LogP contribution in [0.15, 0.2) is 18.2 Å². The molecule has 1 N–H and O–H groups in total. The summed E-state index contributed by atoms with van der Waals surface area (Å²) in [7, 11) is 1.69. The van der Waals surface area contributed by atoms with Crippen molar-refractivity contribution in [1.82, 2.24) is 0 Å². The van der Waals surface area contributed by atoms with Crippen LogP contribution in [0, 0.1) is 0 Å². The first-order chi connectivity index (χ1) is 7.83. The highest BCUT2D eigenvalue weighted by molar-refractivity contribution is 5.38. The van der Waals surface area contributed by atoms with E-state index in [9.17, 15) is 5.11 Å². The summed E-state index contributed by atoms with van der Waals surface area (Å²) in [6.07, 6.45) is 1.58. The minimum atomic E-state index is -0.626. The first-order valence-electron chi connectivity index (χ1n) is 6.22. The van der Waals surface area contributed by atoms with Crippen molar-refractivity contribution in [1.29, 1.82) is 0 Å². The Labute approximate surface area is 105 Å². The lowest BCUT2D eigenvalue weighted by atomic mass is 9.94. The van der Waals surface area contributed by atoms with Crippen molar-refractivity contribution in [3.8, 4) is 5.75 Å². The van der Waals surface area contributed by atoms with Crippen LogP contribution in [0.5, 0.6) is 5.75 Å². The molecule has 0 aromatic heterocycles. The van der Waals surface area contributed by atoms with Gasteiger partial charge in [-0.1, -0.05) is 26.0 Å². The lowest BCUT2D eigenvalue weighted by Gasteiger charge is -2.18. The molecule has 0 heterocycles. The molecule has 0 unspecified atom stereocenters. The van der Waals surface area contributed by atoms with Crippen LogP contribution in [-0.4, -0.2) is 17.8 Å². The molecular weight excluding hydrogens is 212 g/mol. The number of aryl methyl sites for hydroxylation is 1. The summed E-state index contributed by atoms with van der Waals surface area (Å²) in [6.45, 7) is 8.04. The number of hydrogen-bond acceptors (Lipinski definition) is 2. The van der Waals surface area contributed by atoms with Gasteiger partial charge in [0.25, 0.3) is 0 Å². The molecule has 0 spiro atoms. The van der Waals surface area contributed by atoms with Gasteiger partial charge in [-0.05, 0) is 49.8 Å². The van der Waals surface area contributed by atoms with Gasteiger partial charge in [0.05, 0.1) is 12.7 Å². The van der Waals surface area contributed by atoms with Gasteiger partial charge < -0.3 is 9.84 Å². The molecule has 0 aliphatic carbocycles. The average Bonchev–Trinajstić information content (AvgIpc) is 2.24. The number of benzene rings is 1. The standard InChI is InChI=1S/C15H24O2/c1-11(2)12-6-7-14(17-5)13(10-12)8-9-15(3,4)16/h6-7,10-11,16H,8-9H2,1-5H3. The van der Waals surface area contributed by atoms with Crippen molar-refractivity contribution in [2.45, 2.75) is 52.1 Å². The van der Waals surface area contributed by atoms with Crippen LogP contribution in [0.1, 0.15) is 51.2 Å². The highest BCUT2D eigenvalue weighted by atomic mass is 16.5. The second-order valence-electron chi connectivity index (χ2n) is 5.54. The SMILES string of the molecule is COc1ccc(C(C)C)cc1CCC(C)(C)O.